The molecule has 2 aliphatic heterocycles. The number of ether oxygens (including phenoxy) is 1. The molecule has 4 heteroatoms. The normalized spacial score (nSPS) is 24.6. The molecular weight excluding hydrogens is 202 g/mol. The lowest BCUT2D eigenvalue weighted by Gasteiger charge is -2.41. The molecule has 4 nitrogen and oxygen atoms in total. The van der Waals surface area contributed by atoms with Crippen molar-refractivity contribution in [1.29, 1.82) is 0 Å². The topological polar surface area (TPSA) is 30.3 Å². The van der Waals surface area contributed by atoms with Gasteiger partial charge in [0, 0.05) is 24.9 Å². The van der Waals surface area contributed by atoms with E-state index in [0.29, 0.717) is 12.0 Å². The largest absolute Gasteiger partial charge is 0.378 e. The van der Waals surface area contributed by atoms with Crippen molar-refractivity contribution in [3.63, 3.8) is 0 Å². The van der Waals surface area contributed by atoms with Gasteiger partial charge in [-0.25, -0.2) is 0 Å². The molecule has 3 rings (SSSR count). The summed E-state index contributed by atoms with van der Waals surface area (Å²) >= 11 is 0. The predicted octanol–water partition coefficient (Wildman–Crippen LogP) is 0.998. The van der Waals surface area contributed by atoms with Gasteiger partial charge < -0.3 is 4.74 Å². The molecule has 0 spiro atoms. The molecule has 2 aliphatic rings. The smallest absolute Gasteiger partial charge is 0.0645 e. The van der Waals surface area contributed by atoms with Crippen LogP contribution in [0.3, 0.4) is 0 Å². The fraction of sp³-hybridized carbons (Fsp3) is 0.750. The van der Waals surface area contributed by atoms with Gasteiger partial charge in [0.05, 0.1) is 19.3 Å². The molecule has 0 aromatic carbocycles. The van der Waals surface area contributed by atoms with Gasteiger partial charge in [0.1, 0.15) is 0 Å². The molecule has 3 heterocycles. The van der Waals surface area contributed by atoms with E-state index in [2.05, 4.69) is 16.1 Å². The van der Waals surface area contributed by atoms with Crippen LogP contribution in [0.1, 0.15) is 24.5 Å². The highest BCUT2D eigenvalue weighted by Gasteiger charge is 2.30. The van der Waals surface area contributed by atoms with E-state index in [1.54, 1.807) is 0 Å². The molecule has 16 heavy (non-hydrogen) atoms. The predicted molar refractivity (Wildman–Crippen MR) is 61.4 cm³/mol. The third kappa shape index (κ3) is 1.76. The molecule has 88 valence electrons. The number of rotatable bonds is 2. The lowest BCUT2D eigenvalue weighted by molar-refractivity contribution is -0.0714. The summed E-state index contributed by atoms with van der Waals surface area (Å²) in [6.45, 7) is 4.31. The number of nitrogens with zero attached hydrogens (tertiary/aromatic N) is 3. The van der Waals surface area contributed by atoms with E-state index in [0.717, 1.165) is 13.2 Å². The Morgan fingerprint density at radius 2 is 2.06 bits per heavy atom. The van der Waals surface area contributed by atoms with Crippen LogP contribution in [0.15, 0.2) is 12.3 Å². The molecule has 2 saturated heterocycles. The van der Waals surface area contributed by atoms with Crippen LogP contribution in [-0.4, -0.2) is 47.0 Å². The molecule has 2 fully saturated rings. The average molecular weight is 221 g/mol. The van der Waals surface area contributed by atoms with E-state index in [-0.39, 0.29) is 0 Å². The third-order valence-corrected chi connectivity index (χ3v) is 3.94. The van der Waals surface area contributed by atoms with Crippen molar-refractivity contribution in [3.8, 4) is 0 Å². The van der Waals surface area contributed by atoms with Crippen LogP contribution in [0, 0.1) is 0 Å². The second kappa shape index (κ2) is 4.18. The van der Waals surface area contributed by atoms with Crippen molar-refractivity contribution in [3.05, 3.63) is 18.0 Å². The Balaban J connectivity index is 1.60. The molecule has 0 bridgehead atoms. The summed E-state index contributed by atoms with van der Waals surface area (Å²) in [5.41, 5.74) is 1.39. The minimum atomic E-state index is 0.699. The van der Waals surface area contributed by atoms with Crippen molar-refractivity contribution in [2.24, 2.45) is 7.05 Å². The van der Waals surface area contributed by atoms with Crippen molar-refractivity contribution in [2.75, 3.05) is 26.3 Å². The van der Waals surface area contributed by atoms with Crippen molar-refractivity contribution in [2.45, 2.75) is 24.8 Å². The van der Waals surface area contributed by atoms with Gasteiger partial charge in [0.25, 0.3) is 0 Å². The molecule has 0 amide bonds. The van der Waals surface area contributed by atoms with Gasteiger partial charge in [0.15, 0.2) is 0 Å². The number of aryl methyl sites for hydroxylation is 1. The number of hydrogen-bond acceptors (Lipinski definition) is 3. The van der Waals surface area contributed by atoms with Crippen LogP contribution in [0.4, 0.5) is 0 Å². The van der Waals surface area contributed by atoms with Crippen LogP contribution >= 0.6 is 0 Å². The fourth-order valence-electron chi connectivity index (χ4n) is 2.78. The maximum absolute atomic E-state index is 5.25. The number of piperidine rings is 1. The number of hydrogen-bond donors (Lipinski definition) is 0. The van der Waals surface area contributed by atoms with E-state index < -0.39 is 0 Å². The standard InChI is InChI=1S/C12H19N3O/c1-14-12(2-5-13-14)10-3-6-15(7-4-10)11-8-16-9-11/h2,5,10-11H,3-4,6-9H2,1H3. The molecule has 0 atom stereocenters. The van der Waals surface area contributed by atoms with Crippen LogP contribution < -0.4 is 0 Å². The van der Waals surface area contributed by atoms with Gasteiger partial charge in [-0.3, -0.25) is 9.58 Å². The SMILES string of the molecule is Cn1nccc1C1CCN(C2COC2)CC1. The molecular formula is C12H19N3O. The van der Waals surface area contributed by atoms with E-state index >= 15 is 0 Å². The second-order valence-electron chi connectivity index (χ2n) is 4.88. The summed E-state index contributed by atoms with van der Waals surface area (Å²) in [4.78, 5) is 2.58. The van der Waals surface area contributed by atoms with Gasteiger partial charge in [-0.2, -0.15) is 5.10 Å². The Morgan fingerprint density at radius 1 is 1.31 bits per heavy atom. The first-order chi connectivity index (χ1) is 7.84. The van der Waals surface area contributed by atoms with E-state index in [1.807, 2.05) is 17.9 Å². The van der Waals surface area contributed by atoms with E-state index in [9.17, 15) is 0 Å². The fourth-order valence-corrected chi connectivity index (χ4v) is 2.78. The lowest BCUT2D eigenvalue weighted by Crippen LogP contribution is -2.51. The molecule has 1 aromatic rings. The van der Waals surface area contributed by atoms with Crippen molar-refractivity contribution < 1.29 is 4.74 Å². The first kappa shape index (κ1) is 10.3. The third-order valence-electron chi connectivity index (χ3n) is 3.94. The van der Waals surface area contributed by atoms with Gasteiger partial charge in [-0.15, -0.1) is 0 Å². The number of aromatic nitrogens is 2. The molecule has 0 saturated carbocycles. The monoisotopic (exact) mass is 221 g/mol. The summed E-state index contributed by atoms with van der Waals surface area (Å²) in [5.74, 6) is 0.699. The zero-order valence-electron chi connectivity index (χ0n) is 9.80. The van der Waals surface area contributed by atoms with Gasteiger partial charge in [0.2, 0.25) is 0 Å². The molecule has 1 aromatic heterocycles. The Bertz CT molecular complexity index is 351. The van der Waals surface area contributed by atoms with E-state index in [1.165, 1.54) is 31.6 Å². The zero-order chi connectivity index (χ0) is 11.0. The molecule has 0 N–H and O–H groups in total. The highest BCUT2D eigenvalue weighted by atomic mass is 16.5. The summed E-state index contributed by atoms with van der Waals surface area (Å²) in [6, 6.07) is 2.86. The Kier molecular flexibility index (Phi) is 2.69. The highest BCUT2D eigenvalue weighted by Crippen LogP contribution is 2.29. The molecule has 0 radical (unpaired) electrons. The summed E-state index contributed by atoms with van der Waals surface area (Å²) < 4.78 is 7.27. The van der Waals surface area contributed by atoms with Crippen molar-refractivity contribution in [1.82, 2.24) is 14.7 Å². The van der Waals surface area contributed by atoms with Crippen LogP contribution in [0.5, 0.6) is 0 Å². The summed E-state index contributed by atoms with van der Waals surface area (Å²) in [6.07, 6.45) is 4.42. The van der Waals surface area contributed by atoms with Gasteiger partial charge in [-0.05, 0) is 32.0 Å². The Labute approximate surface area is 96.2 Å². The summed E-state index contributed by atoms with van der Waals surface area (Å²) in [5, 5.41) is 4.26. The van der Waals surface area contributed by atoms with Crippen LogP contribution in [0.2, 0.25) is 0 Å². The Hall–Kier alpha value is -0.870. The quantitative estimate of drug-likeness (QED) is 0.746. The van der Waals surface area contributed by atoms with E-state index in [4.69, 9.17) is 4.74 Å². The van der Waals surface area contributed by atoms with Crippen LogP contribution in [0.25, 0.3) is 0 Å². The maximum Gasteiger partial charge on any atom is 0.0645 e. The minimum Gasteiger partial charge on any atom is -0.378 e. The first-order valence-electron chi connectivity index (χ1n) is 6.14. The maximum atomic E-state index is 5.25. The number of likely N-dealkylation sites (tertiary alicyclic amines) is 1. The Morgan fingerprint density at radius 3 is 2.56 bits per heavy atom. The highest BCUT2D eigenvalue weighted by molar-refractivity contribution is 5.09. The van der Waals surface area contributed by atoms with Crippen LogP contribution in [-0.2, 0) is 11.8 Å². The second-order valence-corrected chi connectivity index (χ2v) is 4.88. The molecule has 0 aliphatic carbocycles. The minimum absolute atomic E-state index is 0.699. The lowest BCUT2D eigenvalue weighted by atomic mass is 9.92. The first-order valence-corrected chi connectivity index (χ1v) is 6.14. The molecule has 0 unspecified atom stereocenters. The van der Waals surface area contributed by atoms with Crippen molar-refractivity contribution >= 4 is 0 Å². The summed E-state index contributed by atoms with van der Waals surface area (Å²) in [7, 11) is 2.04. The van der Waals surface area contributed by atoms with Gasteiger partial charge in [-0.1, -0.05) is 0 Å². The average Bonchev–Trinajstić information content (AvgIpc) is 2.63. The van der Waals surface area contributed by atoms with Gasteiger partial charge >= 0.3 is 0 Å². The zero-order valence-corrected chi connectivity index (χ0v) is 9.80.